The van der Waals surface area contributed by atoms with Gasteiger partial charge in [0.2, 0.25) is 5.91 Å². The van der Waals surface area contributed by atoms with Crippen LogP contribution in [0.5, 0.6) is 0 Å². The third-order valence-electron chi connectivity index (χ3n) is 4.17. The summed E-state index contributed by atoms with van der Waals surface area (Å²) in [6.07, 6.45) is 1.49. The Morgan fingerprint density at radius 1 is 1.32 bits per heavy atom. The van der Waals surface area contributed by atoms with Gasteiger partial charge in [0, 0.05) is 24.7 Å². The SMILES string of the molecule is O=C1CO[C@@H]2CN(C(=O)c3cnc4ccccc4c3)C[C@H]2N1. The fourth-order valence-corrected chi connectivity index (χ4v) is 3.05. The maximum Gasteiger partial charge on any atom is 0.255 e. The van der Waals surface area contributed by atoms with Crippen molar-refractivity contribution in [2.45, 2.75) is 12.1 Å². The van der Waals surface area contributed by atoms with Crippen molar-refractivity contribution >= 4 is 22.7 Å². The third-order valence-corrected chi connectivity index (χ3v) is 4.17. The van der Waals surface area contributed by atoms with Crippen molar-refractivity contribution in [2.75, 3.05) is 19.7 Å². The molecule has 0 saturated carbocycles. The van der Waals surface area contributed by atoms with E-state index < -0.39 is 0 Å². The van der Waals surface area contributed by atoms with Crippen LogP contribution >= 0.6 is 0 Å². The van der Waals surface area contributed by atoms with Crippen LogP contribution in [0.3, 0.4) is 0 Å². The number of nitrogens with one attached hydrogen (secondary N) is 1. The standard InChI is InChI=1S/C16H15N3O3/c20-15-9-22-14-8-19(7-13(14)18-15)16(21)11-5-10-3-1-2-4-12(10)17-6-11/h1-6,13-14H,7-9H2,(H,18,20)/t13-,14-/m1/s1. The predicted octanol–water partition coefficient (Wildman–Crippen LogP) is 0.574. The van der Waals surface area contributed by atoms with Gasteiger partial charge >= 0.3 is 0 Å². The van der Waals surface area contributed by atoms with Crippen LogP contribution in [-0.2, 0) is 9.53 Å². The van der Waals surface area contributed by atoms with E-state index in [0.29, 0.717) is 18.7 Å². The average Bonchev–Trinajstić information content (AvgIpc) is 2.96. The lowest BCUT2D eigenvalue weighted by molar-refractivity contribution is -0.134. The molecule has 22 heavy (non-hydrogen) atoms. The fourth-order valence-electron chi connectivity index (χ4n) is 3.05. The lowest BCUT2D eigenvalue weighted by Crippen LogP contribution is -2.50. The minimum Gasteiger partial charge on any atom is -0.364 e. The first-order chi connectivity index (χ1) is 10.7. The van der Waals surface area contributed by atoms with Gasteiger partial charge in [-0.15, -0.1) is 0 Å². The van der Waals surface area contributed by atoms with Gasteiger partial charge in [0.15, 0.2) is 0 Å². The molecule has 2 aliphatic heterocycles. The molecule has 1 aromatic heterocycles. The van der Waals surface area contributed by atoms with Crippen LogP contribution in [0.2, 0.25) is 0 Å². The van der Waals surface area contributed by atoms with Crippen molar-refractivity contribution in [3.63, 3.8) is 0 Å². The first kappa shape index (κ1) is 13.2. The Hall–Kier alpha value is -2.47. The number of hydrogen-bond acceptors (Lipinski definition) is 4. The Morgan fingerprint density at radius 3 is 3.09 bits per heavy atom. The smallest absolute Gasteiger partial charge is 0.255 e. The number of morpholine rings is 1. The number of likely N-dealkylation sites (tertiary alicyclic amines) is 1. The number of nitrogens with zero attached hydrogens (tertiary/aromatic N) is 2. The number of amides is 2. The van der Waals surface area contributed by atoms with Crippen molar-refractivity contribution in [3.05, 3.63) is 42.1 Å². The number of hydrogen-bond donors (Lipinski definition) is 1. The lowest BCUT2D eigenvalue weighted by atomic mass is 10.1. The van der Waals surface area contributed by atoms with E-state index in [0.717, 1.165) is 10.9 Å². The molecule has 1 N–H and O–H groups in total. The molecule has 3 heterocycles. The van der Waals surface area contributed by atoms with E-state index in [2.05, 4.69) is 10.3 Å². The van der Waals surface area contributed by atoms with E-state index in [4.69, 9.17) is 4.74 Å². The van der Waals surface area contributed by atoms with Gasteiger partial charge in [0.05, 0.1) is 23.2 Å². The van der Waals surface area contributed by atoms with Gasteiger partial charge in [0.25, 0.3) is 5.91 Å². The number of carbonyl (C=O) groups is 2. The Bertz CT molecular complexity index is 761. The minimum absolute atomic E-state index is 0.0702. The van der Waals surface area contributed by atoms with Crippen molar-refractivity contribution in [1.82, 2.24) is 15.2 Å². The van der Waals surface area contributed by atoms with E-state index in [9.17, 15) is 9.59 Å². The largest absolute Gasteiger partial charge is 0.364 e. The van der Waals surface area contributed by atoms with Crippen LogP contribution in [0.4, 0.5) is 0 Å². The summed E-state index contributed by atoms with van der Waals surface area (Å²) in [5, 5.41) is 3.81. The first-order valence-electron chi connectivity index (χ1n) is 7.26. The number of rotatable bonds is 1. The summed E-state index contributed by atoms with van der Waals surface area (Å²) >= 11 is 0. The van der Waals surface area contributed by atoms with Crippen LogP contribution in [0, 0.1) is 0 Å². The molecule has 112 valence electrons. The van der Waals surface area contributed by atoms with Crippen LogP contribution in [0.15, 0.2) is 36.5 Å². The molecule has 2 amide bonds. The lowest BCUT2D eigenvalue weighted by Gasteiger charge is -2.24. The van der Waals surface area contributed by atoms with Crippen LogP contribution in [0.1, 0.15) is 10.4 Å². The second kappa shape index (κ2) is 5.06. The fraction of sp³-hybridized carbons (Fsp3) is 0.312. The summed E-state index contributed by atoms with van der Waals surface area (Å²) in [6.45, 7) is 1.04. The van der Waals surface area contributed by atoms with E-state index in [-0.39, 0.29) is 30.6 Å². The van der Waals surface area contributed by atoms with Crippen molar-refractivity contribution in [2.24, 2.45) is 0 Å². The van der Waals surface area contributed by atoms with Gasteiger partial charge in [-0.05, 0) is 12.1 Å². The zero-order chi connectivity index (χ0) is 15.1. The Balaban J connectivity index is 1.57. The van der Waals surface area contributed by atoms with Crippen LogP contribution in [-0.4, -0.2) is 53.5 Å². The highest BCUT2D eigenvalue weighted by atomic mass is 16.5. The summed E-state index contributed by atoms with van der Waals surface area (Å²) in [5.41, 5.74) is 1.42. The molecular formula is C16H15N3O3. The summed E-state index contributed by atoms with van der Waals surface area (Å²) in [5.74, 6) is -0.201. The number of pyridine rings is 1. The summed E-state index contributed by atoms with van der Waals surface area (Å²) in [6, 6.07) is 9.43. The molecular weight excluding hydrogens is 282 g/mol. The van der Waals surface area contributed by atoms with E-state index in [1.165, 1.54) is 0 Å². The molecule has 0 unspecified atom stereocenters. The Morgan fingerprint density at radius 2 is 2.18 bits per heavy atom. The first-order valence-corrected chi connectivity index (χ1v) is 7.26. The van der Waals surface area contributed by atoms with Gasteiger partial charge < -0.3 is 15.0 Å². The second-order valence-corrected chi connectivity index (χ2v) is 5.65. The van der Waals surface area contributed by atoms with Gasteiger partial charge in [-0.25, -0.2) is 0 Å². The monoisotopic (exact) mass is 297 g/mol. The summed E-state index contributed by atoms with van der Waals surface area (Å²) in [7, 11) is 0. The molecule has 2 saturated heterocycles. The van der Waals surface area contributed by atoms with Crippen molar-refractivity contribution < 1.29 is 14.3 Å². The molecule has 0 radical (unpaired) electrons. The number of ether oxygens (including phenoxy) is 1. The second-order valence-electron chi connectivity index (χ2n) is 5.65. The molecule has 4 rings (SSSR count). The zero-order valence-corrected chi connectivity index (χ0v) is 11.9. The number of aromatic nitrogens is 1. The Kier molecular flexibility index (Phi) is 3.04. The highest BCUT2D eigenvalue weighted by Gasteiger charge is 2.40. The molecule has 0 bridgehead atoms. The van der Waals surface area contributed by atoms with E-state index in [1.807, 2.05) is 30.3 Å². The van der Waals surface area contributed by atoms with Crippen molar-refractivity contribution in [3.8, 4) is 0 Å². The third kappa shape index (κ3) is 2.21. The van der Waals surface area contributed by atoms with Gasteiger partial charge in [-0.2, -0.15) is 0 Å². The number of benzene rings is 1. The molecule has 1 aromatic carbocycles. The molecule has 2 fully saturated rings. The molecule has 2 aliphatic rings. The van der Waals surface area contributed by atoms with E-state index >= 15 is 0 Å². The highest BCUT2D eigenvalue weighted by Crippen LogP contribution is 2.20. The van der Waals surface area contributed by atoms with Crippen LogP contribution in [0.25, 0.3) is 10.9 Å². The molecule has 0 spiro atoms. The predicted molar refractivity (Wildman–Crippen MR) is 79.3 cm³/mol. The molecule has 2 aromatic rings. The average molecular weight is 297 g/mol. The normalized spacial score (nSPS) is 24.2. The number of carbonyl (C=O) groups excluding carboxylic acids is 2. The zero-order valence-electron chi connectivity index (χ0n) is 11.9. The maximum atomic E-state index is 12.6. The number of fused-ring (bicyclic) bond motifs is 2. The number of para-hydroxylation sites is 1. The molecule has 6 nitrogen and oxygen atoms in total. The quantitative estimate of drug-likeness (QED) is 0.835. The highest BCUT2D eigenvalue weighted by molar-refractivity contribution is 5.97. The van der Waals surface area contributed by atoms with Gasteiger partial charge in [-0.1, -0.05) is 18.2 Å². The van der Waals surface area contributed by atoms with Crippen LogP contribution < -0.4 is 5.32 Å². The Labute approximate surface area is 127 Å². The van der Waals surface area contributed by atoms with Gasteiger partial charge in [-0.3, -0.25) is 14.6 Å². The topological polar surface area (TPSA) is 71.5 Å². The summed E-state index contributed by atoms with van der Waals surface area (Å²) < 4.78 is 5.48. The van der Waals surface area contributed by atoms with E-state index in [1.54, 1.807) is 11.1 Å². The molecule has 0 aliphatic carbocycles. The molecule has 2 atom stereocenters. The minimum atomic E-state index is -0.122. The summed E-state index contributed by atoms with van der Waals surface area (Å²) in [4.78, 5) is 30.0. The maximum absolute atomic E-state index is 12.6. The molecule has 6 heteroatoms. The van der Waals surface area contributed by atoms with Gasteiger partial charge in [0.1, 0.15) is 6.61 Å². The van der Waals surface area contributed by atoms with Crippen molar-refractivity contribution in [1.29, 1.82) is 0 Å².